The molecule has 0 bridgehead atoms. The fourth-order valence-corrected chi connectivity index (χ4v) is 2.21. The molecule has 2 N–H and O–H groups in total. The number of hydrogen-bond donors (Lipinski definition) is 2. The Morgan fingerprint density at radius 3 is 3.04 bits per heavy atom. The number of aliphatic imine (C=N–C) groups is 1. The zero-order chi connectivity index (χ0) is 17.0. The van der Waals surface area contributed by atoms with Crippen molar-refractivity contribution in [2.45, 2.75) is 26.3 Å². The molecule has 2 rings (SSSR count). The predicted molar refractivity (Wildman–Crippen MR) is 95.8 cm³/mol. The van der Waals surface area contributed by atoms with Gasteiger partial charge in [0, 0.05) is 50.9 Å². The van der Waals surface area contributed by atoms with Gasteiger partial charge in [0.15, 0.2) is 5.96 Å². The zero-order valence-electron chi connectivity index (χ0n) is 14.1. The first-order chi connectivity index (χ1) is 11.8. The van der Waals surface area contributed by atoms with E-state index in [9.17, 15) is 0 Å². The normalized spacial score (nSPS) is 11.3. The molecule has 0 atom stereocenters. The van der Waals surface area contributed by atoms with E-state index in [1.165, 1.54) is 0 Å². The molecule has 0 aliphatic heterocycles. The van der Waals surface area contributed by atoms with Crippen molar-refractivity contribution in [3.05, 3.63) is 54.9 Å². The molecular formula is C17H25N7. The second-order valence-electron chi connectivity index (χ2n) is 5.19. The maximum absolute atomic E-state index is 4.58. The quantitative estimate of drug-likeness (QED) is 0.411. The molecule has 0 saturated heterocycles. The van der Waals surface area contributed by atoms with Gasteiger partial charge in [-0.25, -0.2) is 0 Å². The van der Waals surface area contributed by atoms with Gasteiger partial charge >= 0.3 is 0 Å². The van der Waals surface area contributed by atoms with Gasteiger partial charge in [0.2, 0.25) is 0 Å². The highest BCUT2D eigenvalue weighted by molar-refractivity contribution is 5.79. The summed E-state index contributed by atoms with van der Waals surface area (Å²) in [6.07, 6.45) is 7.06. The number of rotatable bonds is 9. The van der Waals surface area contributed by atoms with Gasteiger partial charge in [0.1, 0.15) is 12.2 Å². The van der Waals surface area contributed by atoms with Crippen molar-refractivity contribution in [3.8, 4) is 0 Å². The van der Waals surface area contributed by atoms with Crippen molar-refractivity contribution in [2.24, 2.45) is 4.99 Å². The van der Waals surface area contributed by atoms with Crippen LogP contribution >= 0.6 is 0 Å². The lowest BCUT2D eigenvalue weighted by Crippen LogP contribution is -2.39. The second-order valence-corrected chi connectivity index (χ2v) is 5.19. The molecule has 2 aromatic rings. The fourth-order valence-electron chi connectivity index (χ4n) is 2.21. The molecule has 0 fully saturated rings. The smallest absolute Gasteiger partial charge is 0.191 e. The Morgan fingerprint density at radius 2 is 2.29 bits per heavy atom. The number of nitrogens with zero attached hydrogens (tertiary/aromatic N) is 5. The lowest BCUT2D eigenvalue weighted by atomic mass is 10.3. The summed E-state index contributed by atoms with van der Waals surface area (Å²) in [6, 6.07) is 5.92. The number of pyridine rings is 1. The summed E-state index contributed by atoms with van der Waals surface area (Å²) in [7, 11) is 0. The molecule has 0 saturated carbocycles. The van der Waals surface area contributed by atoms with Gasteiger partial charge in [-0.3, -0.25) is 9.98 Å². The van der Waals surface area contributed by atoms with Crippen LogP contribution in [0.15, 0.2) is 48.4 Å². The Kier molecular flexibility index (Phi) is 7.46. The van der Waals surface area contributed by atoms with Crippen molar-refractivity contribution in [3.63, 3.8) is 0 Å². The Bertz CT molecular complexity index is 633. The summed E-state index contributed by atoms with van der Waals surface area (Å²) in [4.78, 5) is 8.89. The molecule has 0 aliphatic rings. The molecule has 7 heteroatoms. The summed E-state index contributed by atoms with van der Waals surface area (Å²) in [5, 5.41) is 14.6. The highest BCUT2D eigenvalue weighted by Crippen LogP contribution is 1.96. The van der Waals surface area contributed by atoms with Crippen molar-refractivity contribution in [2.75, 3.05) is 19.6 Å². The summed E-state index contributed by atoms with van der Waals surface area (Å²) < 4.78 is 2.05. The van der Waals surface area contributed by atoms with Crippen molar-refractivity contribution in [1.29, 1.82) is 0 Å². The van der Waals surface area contributed by atoms with Crippen LogP contribution < -0.4 is 10.6 Å². The van der Waals surface area contributed by atoms with Gasteiger partial charge in [0.05, 0.1) is 0 Å². The minimum atomic E-state index is 0.669. The zero-order valence-corrected chi connectivity index (χ0v) is 14.1. The van der Waals surface area contributed by atoms with E-state index in [0.29, 0.717) is 13.1 Å². The third kappa shape index (κ3) is 5.83. The van der Waals surface area contributed by atoms with Crippen LogP contribution in [0, 0.1) is 0 Å². The van der Waals surface area contributed by atoms with Gasteiger partial charge in [-0.2, -0.15) is 0 Å². The second kappa shape index (κ2) is 10.1. The van der Waals surface area contributed by atoms with E-state index in [0.717, 1.165) is 43.4 Å². The Morgan fingerprint density at radius 1 is 1.38 bits per heavy atom. The lowest BCUT2D eigenvalue weighted by molar-refractivity contribution is 0.633. The number of nitrogens with one attached hydrogen (secondary N) is 2. The Hall–Kier alpha value is -2.70. The van der Waals surface area contributed by atoms with E-state index >= 15 is 0 Å². The number of aromatic nitrogens is 4. The maximum Gasteiger partial charge on any atom is 0.191 e. The largest absolute Gasteiger partial charge is 0.355 e. The van der Waals surface area contributed by atoms with Gasteiger partial charge in [-0.1, -0.05) is 19.1 Å². The highest BCUT2D eigenvalue weighted by atomic mass is 15.3. The van der Waals surface area contributed by atoms with Crippen LogP contribution in [0.4, 0.5) is 0 Å². The number of aryl methyl sites for hydroxylation is 1. The van der Waals surface area contributed by atoms with Crippen molar-refractivity contribution in [1.82, 2.24) is 30.4 Å². The molecule has 0 spiro atoms. The molecule has 0 amide bonds. The van der Waals surface area contributed by atoms with Crippen LogP contribution in [0.1, 0.15) is 18.4 Å². The molecule has 7 nitrogen and oxygen atoms in total. The topological polar surface area (TPSA) is 80.0 Å². The van der Waals surface area contributed by atoms with Crippen LogP contribution in [-0.4, -0.2) is 45.3 Å². The van der Waals surface area contributed by atoms with E-state index in [1.54, 1.807) is 12.5 Å². The molecule has 0 radical (unpaired) electrons. The molecule has 0 aromatic carbocycles. The molecular weight excluding hydrogens is 302 g/mol. The molecule has 0 aliphatic carbocycles. The summed E-state index contributed by atoms with van der Waals surface area (Å²) in [6.45, 7) is 8.69. The first kappa shape index (κ1) is 17.7. The minimum absolute atomic E-state index is 0.669. The van der Waals surface area contributed by atoms with Gasteiger partial charge in [-0.05, 0) is 12.1 Å². The van der Waals surface area contributed by atoms with E-state index in [4.69, 9.17) is 0 Å². The number of guanidine groups is 1. The lowest BCUT2D eigenvalue weighted by Gasteiger charge is -2.12. The first-order valence-corrected chi connectivity index (χ1v) is 8.23. The van der Waals surface area contributed by atoms with Gasteiger partial charge in [-0.15, -0.1) is 16.8 Å². The molecule has 2 heterocycles. The van der Waals surface area contributed by atoms with E-state index in [1.807, 2.05) is 28.8 Å². The van der Waals surface area contributed by atoms with Crippen LogP contribution in [0.3, 0.4) is 0 Å². The Balaban J connectivity index is 1.82. The molecule has 0 unspecified atom stereocenters. The van der Waals surface area contributed by atoms with E-state index in [2.05, 4.69) is 44.3 Å². The predicted octanol–water partition coefficient (Wildman–Crippen LogP) is 1.20. The summed E-state index contributed by atoms with van der Waals surface area (Å²) in [5.74, 6) is 1.77. The van der Waals surface area contributed by atoms with Crippen LogP contribution in [0.5, 0.6) is 0 Å². The standard InChI is InChI=1S/C17H25N7/c1-3-9-19-17(20-11-8-15-7-5-6-10-18-15)21-12-13-24-14-22-23-16(24)4-2/h3,5-7,10,14H,1,4,8-9,11-13H2,2H3,(H2,19,20,21). The average molecular weight is 327 g/mol. The molecule has 24 heavy (non-hydrogen) atoms. The molecule has 128 valence electrons. The first-order valence-electron chi connectivity index (χ1n) is 8.23. The summed E-state index contributed by atoms with van der Waals surface area (Å²) >= 11 is 0. The van der Waals surface area contributed by atoms with Crippen LogP contribution in [-0.2, 0) is 19.4 Å². The third-order valence-corrected chi connectivity index (χ3v) is 3.43. The average Bonchev–Trinajstić information content (AvgIpc) is 3.07. The monoisotopic (exact) mass is 327 g/mol. The SMILES string of the molecule is C=CCNC(=NCCc1ccccn1)NCCn1cnnc1CC. The van der Waals surface area contributed by atoms with Crippen LogP contribution in [0.2, 0.25) is 0 Å². The van der Waals surface area contributed by atoms with Crippen molar-refractivity contribution >= 4 is 5.96 Å². The molecule has 2 aromatic heterocycles. The van der Waals surface area contributed by atoms with Gasteiger partial charge < -0.3 is 15.2 Å². The maximum atomic E-state index is 4.58. The van der Waals surface area contributed by atoms with Crippen molar-refractivity contribution < 1.29 is 0 Å². The highest BCUT2D eigenvalue weighted by Gasteiger charge is 2.02. The minimum Gasteiger partial charge on any atom is -0.355 e. The van der Waals surface area contributed by atoms with E-state index in [-0.39, 0.29) is 0 Å². The van der Waals surface area contributed by atoms with Gasteiger partial charge in [0.25, 0.3) is 0 Å². The van der Waals surface area contributed by atoms with E-state index < -0.39 is 0 Å². The van der Waals surface area contributed by atoms with Crippen LogP contribution in [0.25, 0.3) is 0 Å². The number of hydrogen-bond acceptors (Lipinski definition) is 4. The third-order valence-electron chi connectivity index (χ3n) is 3.43. The summed E-state index contributed by atoms with van der Waals surface area (Å²) in [5.41, 5.74) is 1.04. The fraction of sp³-hybridized carbons (Fsp3) is 0.412. The Labute approximate surface area is 142 Å².